The molecule has 2 aromatic carbocycles. The Kier molecular flexibility index (Phi) is 6.20. The molecule has 0 bridgehead atoms. The van der Waals surface area contributed by atoms with E-state index in [0.29, 0.717) is 16.6 Å². The second-order valence-corrected chi connectivity index (χ2v) is 8.77. The Morgan fingerprint density at radius 2 is 1.74 bits per heavy atom. The van der Waals surface area contributed by atoms with Crippen molar-refractivity contribution in [3.05, 3.63) is 92.7 Å². The summed E-state index contributed by atoms with van der Waals surface area (Å²) in [6.45, 7) is 6.86. The van der Waals surface area contributed by atoms with E-state index in [-0.39, 0.29) is 12.4 Å². The van der Waals surface area contributed by atoms with Crippen LogP contribution in [0.15, 0.2) is 54.7 Å². The van der Waals surface area contributed by atoms with Gasteiger partial charge >= 0.3 is 0 Å². The van der Waals surface area contributed by atoms with Crippen LogP contribution in [0.4, 0.5) is 5.82 Å². The summed E-state index contributed by atoms with van der Waals surface area (Å²) in [7, 11) is 0. The lowest BCUT2D eigenvalue weighted by molar-refractivity contribution is 0.717. The fraction of sp³-hybridized carbons (Fsp3) is 0.240. The van der Waals surface area contributed by atoms with Gasteiger partial charge in [-0.1, -0.05) is 59.6 Å². The molecule has 0 spiro atoms. The summed E-state index contributed by atoms with van der Waals surface area (Å²) in [5.41, 5.74) is 7.52. The van der Waals surface area contributed by atoms with Gasteiger partial charge in [0, 0.05) is 36.9 Å². The normalized spacial score (nSPS) is 13.2. The molecule has 31 heavy (non-hydrogen) atoms. The molecule has 5 rings (SSSR count). The van der Waals surface area contributed by atoms with Crippen LogP contribution < -0.4 is 4.90 Å². The van der Waals surface area contributed by atoms with Crippen molar-refractivity contribution in [2.75, 3.05) is 11.4 Å². The zero-order valence-electron chi connectivity index (χ0n) is 17.5. The molecule has 6 heteroatoms. The van der Waals surface area contributed by atoms with Crippen LogP contribution in [0.1, 0.15) is 27.9 Å². The monoisotopic (exact) mass is 471 g/mol. The fourth-order valence-electron chi connectivity index (χ4n) is 4.52. The molecule has 0 aliphatic carbocycles. The van der Waals surface area contributed by atoms with Crippen LogP contribution in [0.2, 0.25) is 10.0 Å². The van der Waals surface area contributed by atoms with Gasteiger partial charge in [0.25, 0.3) is 0 Å². The highest BCUT2D eigenvalue weighted by molar-refractivity contribution is 6.42. The van der Waals surface area contributed by atoms with Crippen molar-refractivity contribution < 1.29 is 0 Å². The first-order chi connectivity index (χ1) is 14.5. The number of aromatic nitrogens is 2. The van der Waals surface area contributed by atoms with Gasteiger partial charge < -0.3 is 9.47 Å². The molecule has 1 aliphatic rings. The summed E-state index contributed by atoms with van der Waals surface area (Å²) < 4.78 is 2.34. The highest BCUT2D eigenvalue weighted by Gasteiger charge is 2.23. The van der Waals surface area contributed by atoms with E-state index in [1.807, 2.05) is 24.4 Å². The smallest absolute Gasteiger partial charge is 0.153 e. The molecule has 0 amide bonds. The van der Waals surface area contributed by atoms with Crippen molar-refractivity contribution in [2.24, 2.45) is 0 Å². The van der Waals surface area contributed by atoms with Gasteiger partial charge in [0.15, 0.2) is 5.82 Å². The molecule has 3 nitrogen and oxygen atoms in total. The van der Waals surface area contributed by atoms with Crippen molar-refractivity contribution in [1.29, 1.82) is 0 Å². The van der Waals surface area contributed by atoms with Gasteiger partial charge in [-0.2, -0.15) is 0 Å². The number of hydrogen-bond donors (Lipinski definition) is 0. The molecule has 3 heterocycles. The van der Waals surface area contributed by atoms with Crippen LogP contribution in [0, 0.1) is 13.8 Å². The zero-order chi connectivity index (χ0) is 20.8. The Morgan fingerprint density at radius 3 is 2.55 bits per heavy atom. The second kappa shape index (κ2) is 8.74. The van der Waals surface area contributed by atoms with Gasteiger partial charge in [0.2, 0.25) is 0 Å². The van der Waals surface area contributed by atoms with E-state index in [1.165, 1.54) is 33.3 Å². The van der Waals surface area contributed by atoms with Gasteiger partial charge in [-0.25, -0.2) is 4.98 Å². The number of anilines is 1. The number of pyridine rings is 1. The molecule has 0 radical (unpaired) electrons. The van der Waals surface area contributed by atoms with Crippen molar-refractivity contribution in [3.8, 4) is 0 Å². The standard InChI is InChI=1S/C25H23Cl2N3.ClH/c1-16-17(2)30(15-20-8-5-9-22(26)23(20)27)24-21(16)10-12-28-25(24)29-13-11-18-6-3-4-7-19(18)14-29;/h3-10,12H,11,13-15H2,1-2H3;1H. The van der Waals surface area contributed by atoms with Crippen LogP contribution in [-0.2, 0) is 19.5 Å². The maximum absolute atomic E-state index is 6.53. The number of rotatable bonds is 3. The lowest BCUT2D eigenvalue weighted by Gasteiger charge is -2.30. The average Bonchev–Trinajstić information content (AvgIpc) is 3.01. The van der Waals surface area contributed by atoms with E-state index < -0.39 is 0 Å². The number of fused-ring (bicyclic) bond motifs is 2. The summed E-state index contributed by atoms with van der Waals surface area (Å²) in [4.78, 5) is 7.25. The summed E-state index contributed by atoms with van der Waals surface area (Å²) >= 11 is 12.8. The first-order valence-electron chi connectivity index (χ1n) is 10.2. The van der Waals surface area contributed by atoms with E-state index in [9.17, 15) is 0 Å². The SMILES string of the molecule is Cc1c(C)n(Cc2cccc(Cl)c2Cl)c2c(N3CCc4ccccc4C3)nccc12.Cl. The molecule has 0 unspecified atom stereocenters. The molecule has 0 atom stereocenters. The molecular weight excluding hydrogens is 449 g/mol. The van der Waals surface area contributed by atoms with Crippen LogP contribution >= 0.6 is 35.6 Å². The average molecular weight is 473 g/mol. The van der Waals surface area contributed by atoms with Crippen molar-refractivity contribution in [2.45, 2.75) is 33.4 Å². The van der Waals surface area contributed by atoms with Gasteiger partial charge in [-0.3, -0.25) is 0 Å². The Bertz CT molecular complexity index is 1260. The summed E-state index contributed by atoms with van der Waals surface area (Å²) in [5.74, 6) is 1.04. The minimum atomic E-state index is 0. The molecule has 4 aromatic rings. The largest absolute Gasteiger partial charge is 0.350 e. The lowest BCUT2D eigenvalue weighted by atomic mass is 10.00. The van der Waals surface area contributed by atoms with E-state index in [1.54, 1.807) is 0 Å². The third kappa shape index (κ3) is 3.80. The van der Waals surface area contributed by atoms with E-state index >= 15 is 0 Å². The van der Waals surface area contributed by atoms with E-state index in [4.69, 9.17) is 28.2 Å². The van der Waals surface area contributed by atoms with E-state index in [0.717, 1.165) is 30.9 Å². The van der Waals surface area contributed by atoms with Crippen LogP contribution in [0.25, 0.3) is 10.9 Å². The quantitative estimate of drug-likeness (QED) is 0.320. The Balaban J connectivity index is 0.00000231. The zero-order valence-corrected chi connectivity index (χ0v) is 19.9. The Hall–Kier alpha value is -2.20. The summed E-state index contributed by atoms with van der Waals surface area (Å²) in [5, 5.41) is 2.45. The number of hydrogen-bond acceptors (Lipinski definition) is 2. The first-order valence-corrected chi connectivity index (χ1v) is 11.0. The van der Waals surface area contributed by atoms with Crippen molar-refractivity contribution in [1.82, 2.24) is 9.55 Å². The molecule has 1 aliphatic heterocycles. The maximum Gasteiger partial charge on any atom is 0.153 e. The fourth-order valence-corrected chi connectivity index (χ4v) is 4.90. The van der Waals surface area contributed by atoms with Crippen molar-refractivity contribution >= 4 is 52.3 Å². The summed E-state index contributed by atoms with van der Waals surface area (Å²) in [6, 6.07) is 16.7. The molecule has 0 saturated heterocycles. The van der Waals surface area contributed by atoms with Gasteiger partial charge in [-0.15, -0.1) is 12.4 Å². The molecule has 0 saturated carbocycles. The maximum atomic E-state index is 6.53. The Labute approximate surface area is 199 Å². The number of halogens is 3. The minimum absolute atomic E-state index is 0. The summed E-state index contributed by atoms with van der Waals surface area (Å²) in [6.07, 6.45) is 2.97. The van der Waals surface area contributed by atoms with Crippen LogP contribution in [-0.4, -0.2) is 16.1 Å². The van der Waals surface area contributed by atoms with Crippen LogP contribution in [0.3, 0.4) is 0 Å². The third-order valence-electron chi connectivity index (χ3n) is 6.32. The number of aryl methyl sites for hydroxylation is 1. The number of benzene rings is 2. The predicted octanol–water partition coefficient (Wildman–Crippen LogP) is 6.99. The molecule has 0 N–H and O–H groups in total. The Morgan fingerprint density at radius 1 is 0.968 bits per heavy atom. The van der Waals surface area contributed by atoms with Crippen molar-refractivity contribution in [3.63, 3.8) is 0 Å². The van der Waals surface area contributed by atoms with Gasteiger partial charge in [-0.05, 0) is 54.7 Å². The first kappa shape index (κ1) is 22.0. The van der Waals surface area contributed by atoms with Gasteiger partial charge in [0.1, 0.15) is 0 Å². The lowest BCUT2D eigenvalue weighted by Crippen LogP contribution is -2.31. The topological polar surface area (TPSA) is 21.1 Å². The number of nitrogens with zero attached hydrogens (tertiary/aromatic N) is 3. The second-order valence-electron chi connectivity index (χ2n) is 7.98. The molecule has 160 valence electrons. The molecule has 2 aromatic heterocycles. The predicted molar refractivity (Wildman–Crippen MR) is 133 cm³/mol. The molecular formula is C25H24Cl3N3. The highest BCUT2D eigenvalue weighted by atomic mass is 35.5. The van der Waals surface area contributed by atoms with Gasteiger partial charge in [0.05, 0.1) is 15.6 Å². The molecule has 0 fully saturated rings. The van der Waals surface area contributed by atoms with Crippen LogP contribution in [0.5, 0.6) is 0 Å². The highest BCUT2D eigenvalue weighted by Crippen LogP contribution is 2.35. The van der Waals surface area contributed by atoms with E-state index in [2.05, 4.69) is 53.6 Å². The minimum Gasteiger partial charge on any atom is -0.350 e. The third-order valence-corrected chi connectivity index (χ3v) is 7.17.